The minimum atomic E-state index is -0.255. The van der Waals surface area contributed by atoms with E-state index in [1.165, 1.54) is 18.9 Å². The number of hydrogen-bond donors (Lipinski definition) is 0. The summed E-state index contributed by atoms with van der Waals surface area (Å²) in [7, 11) is 0. The number of nitrogens with zero attached hydrogens (tertiary/aromatic N) is 2. The van der Waals surface area contributed by atoms with Gasteiger partial charge in [0.15, 0.2) is 0 Å². The Hall–Kier alpha value is -1.42. The van der Waals surface area contributed by atoms with Crippen molar-refractivity contribution < 1.29 is 9.18 Å². The van der Waals surface area contributed by atoms with Crippen molar-refractivity contribution in [1.29, 1.82) is 0 Å². The van der Waals surface area contributed by atoms with Gasteiger partial charge < -0.3 is 4.90 Å². The quantitative estimate of drug-likeness (QED) is 0.814. The molecule has 1 aromatic carbocycles. The van der Waals surface area contributed by atoms with Crippen LogP contribution in [-0.2, 0) is 0 Å². The minimum Gasteiger partial charge on any atom is -0.336 e. The molecule has 19 heavy (non-hydrogen) atoms. The van der Waals surface area contributed by atoms with Crippen molar-refractivity contribution in [3.8, 4) is 0 Å². The van der Waals surface area contributed by atoms with Crippen LogP contribution in [0.25, 0.3) is 0 Å². The molecule has 0 unspecified atom stereocenters. The molecule has 1 amide bonds. The third-order valence-corrected chi connectivity index (χ3v) is 4.07. The van der Waals surface area contributed by atoms with E-state index in [1.807, 2.05) is 4.90 Å². The molecule has 0 atom stereocenters. The first kappa shape index (κ1) is 12.6. The van der Waals surface area contributed by atoms with Crippen LogP contribution in [0.3, 0.4) is 0 Å². The monoisotopic (exact) mass is 262 g/mol. The summed E-state index contributed by atoms with van der Waals surface area (Å²) < 4.78 is 13.2. The lowest BCUT2D eigenvalue weighted by atomic mass is 10.1. The molecule has 2 fully saturated rings. The van der Waals surface area contributed by atoms with Crippen LogP contribution in [0.4, 0.5) is 4.39 Å². The third kappa shape index (κ3) is 2.63. The SMILES string of the molecule is Cc1cc(C(=O)N2CCN(C3CC3)CC2)ccc1F. The summed E-state index contributed by atoms with van der Waals surface area (Å²) in [6.07, 6.45) is 2.62. The van der Waals surface area contributed by atoms with E-state index in [2.05, 4.69) is 4.90 Å². The highest BCUT2D eigenvalue weighted by Gasteiger charge is 2.32. The Morgan fingerprint density at radius 1 is 1.21 bits per heavy atom. The Morgan fingerprint density at radius 3 is 2.47 bits per heavy atom. The topological polar surface area (TPSA) is 23.6 Å². The van der Waals surface area contributed by atoms with Gasteiger partial charge in [-0.05, 0) is 43.5 Å². The predicted molar refractivity (Wildman–Crippen MR) is 71.6 cm³/mol. The fourth-order valence-corrected chi connectivity index (χ4v) is 2.69. The highest BCUT2D eigenvalue weighted by Crippen LogP contribution is 2.27. The maximum Gasteiger partial charge on any atom is 0.253 e. The van der Waals surface area contributed by atoms with Gasteiger partial charge >= 0.3 is 0 Å². The second-order valence-electron chi connectivity index (χ2n) is 5.52. The second kappa shape index (κ2) is 4.93. The van der Waals surface area contributed by atoms with Crippen LogP contribution >= 0.6 is 0 Å². The van der Waals surface area contributed by atoms with E-state index >= 15 is 0 Å². The molecule has 1 saturated carbocycles. The van der Waals surface area contributed by atoms with Crippen LogP contribution < -0.4 is 0 Å². The number of halogens is 1. The first-order chi connectivity index (χ1) is 9.15. The van der Waals surface area contributed by atoms with E-state index in [4.69, 9.17) is 0 Å². The van der Waals surface area contributed by atoms with Crippen molar-refractivity contribution in [2.24, 2.45) is 0 Å². The third-order valence-electron chi connectivity index (χ3n) is 4.07. The standard InChI is InChI=1S/C15H19FN2O/c1-11-10-12(2-5-14(11)16)15(19)18-8-6-17(7-9-18)13-3-4-13/h2,5,10,13H,3-4,6-9H2,1H3. The van der Waals surface area contributed by atoms with Gasteiger partial charge in [0.25, 0.3) is 5.91 Å². The Balaban J connectivity index is 1.65. The summed E-state index contributed by atoms with van der Waals surface area (Å²) in [5.74, 6) is -0.228. The lowest BCUT2D eigenvalue weighted by Gasteiger charge is -2.34. The molecular formula is C15H19FN2O. The lowest BCUT2D eigenvalue weighted by Crippen LogP contribution is -2.49. The number of carbonyl (C=O) groups is 1. The van der Waals surface area contributed by atoms with Gasteiger partial charge in [-0.25, -0.2) is 4.39 Å². The first-order valence-electron chi connectivity index (χ1n) is 6.94. The Kier molecular flexibility index (Phi) is 3.27. The predicted octanol–water partition coefficient (Wildman–Crippen LogP) is 2.05. The molecule has 1 saturated heterocycles. The zero-order valence-corrected chi connectivity index (χ0v) is 11.2. The van der Waals surface area contributed by atoms with Crippen LogP contribution in [-0.4, -0.2) is 47.9 Å². The highest BCUT2D eigenvalue weighted by atomic mass is 19.1. The fourth-order valence-electron chi connectivity index (χ4n) is 2.69. The van der Waals surface area contributed by atoms with E-state index in [0.29, 0.717) is 11.1 Å². The van der Waals surface area contributed by atoms with Crippen LogP contribution in [0.1, 0.15) is 28.8 Å². The van der Waals surface area contributed by atoms with Crippen molar-refractivity contribution in [3.63, 3.8) is 0 Å². The molecule has 1 heterocycles. The van der Waals surface area contributed by atoms with Gasteiger partial charge in [0, 0.05) is 37.8 Å². The molecule has 0 aromatic heterocycles. The van der Waals surface area contributed by atoms with Crippen molar-refractivity contribution in [1.82, 2.24) is 9.80 Å². The van der Waals surface area contributed by atoms with Crippen LogP contribution in [0.5, 0.6) is 0 Å². The smallest absolute Gasteiger partial charge is 0.253 e. The zero-order chi connectivity index (χ0) is 13.4. The van der Waals surface area contributed by atoms with Crippen molar-refractivity contribution in [2.45, 2.75) is 25.8 Å². The largest absolute Gasteiger partial charge is 0.336 e. The summed E-state index contributed by atoms with van der Waals surface area (Å²) in [5.41, 5.74) is 1.13. The molecule has 0 bridgehead atoms. The van der Waals surface area contributed by atoms with Gasteiger partial charge in [-0.1, -0.05) is 0 Å². The van der Waals surface area contributed by atoms with E-state index in [-0.39, 0.29) is 11.7 Å². The van der Waals surface area contributed by atoms with E-state index in [9.17, 15) is 9.18 Å². The second-order valence-corrected chi connectivity index (χ2v) is 5.52. The summed E-state index contributed by atoms with van der Waals surface area (Å²) in [4.78, 5) is 16.7. The normalized spacial score (nSPS) is 20.6. The molecule has 2 aliphatic rings. The molecule has 4 heteroatoms. The van der Waals surface area contributed by atoms with Gasteiger partial charge in [-0.2, -0.15) is 0 Å². The molecule has 3 nitrogen and oxygen atoms in total. The molecule has 1 aromatic rings. The molecule has 1 aliphatic carbocycles. The van der Waals surface area contributed by atoms with E-state index in [1.54, 1.807) is 19.1 Å². The average Bonchev–Trinajstić information content (AvgIpc) is 3.26. The minimum absolute atomic E-state index is 0.0264. The maximum absolute atomic E-state index is 13.2. The number of piperazine rings is 1. The number of hydrogen-bond acceptors (Lipinski definition) is 2. The number of aryl methyl sites for hydroxylation is 1. The highest BCUT2D eigenvalue weighted by molar-refractivity contribution is 5.94. The molecule has 3 rings (SSSR count). The van der Waals surface area contributed by atoms with E-state index < -0.39 is 0 Å². The van der Waals surface area contributed by atoms with Crippen molar-refractivity contribution >= 4 is 5.91 Å². The Bertz CT molecular complexity index is 491. The van der Waals surface area contributed by atoms with Crippen molar-refractivity contribution in [3.05, 3.63) is 35.1 Å². The van der Waals surface area contributed by atoms with Crippen LogP contribution in [0.2, 0.25) is 0 Å². The maximum atomic E-state index is 13.2. The molecule has 0 radical (unpaired) electrons. The number of rotatable bonds is 2. The van der Waals surface area contributed by atoms with Gasteiger partial charge in [-0.3, -0.25) is 9.69 Å². The van der Waals surface area contributed by atoms with Crippen LogP contribution in [0.15, 0.2) is 18.2 Å². The first-order valence-corrected chi connectivity index (χ1v) is 6.94. The average molecular weight is 262 g/mol. The summed E-state index contributed by atoms with van der Waals surface area (Å²) >= 11 is 0. The van der Waals surface area contributed by atoms with Gasteiger partial charge in [0.2, 0.25) is 0 Å². The summed E-state index contributed by atoms with van der Waals surface area (Å²) in [6, 6.07) is 5.37. The zero-order valence-electron chi connectivity index (χ0n) is 11.2. The molecule has 1 aliphatic heterocycles. The number of benzene rings is 1. The molecule has 0 spiro atoms. The number of carbonyl (C=O) groups excluding carboxylic acids is 1. The number of amides is 1. The molecular weight excluding hydrogens is 243 g/mol. The van der Waals surface area contributed by atoms with Gasteiger partial charge in [0.1, 0.15) is 5.82 Å². The van der Waals surface area contributed by atoms with Gasteiger partial charge in [-0.15, -0.1) is 0 Å². The Morgan fingerprint density at radius 2 is 1.89 bits per heavy atom. The molecule has 102 valence electrons. The van der Waals surface area contributed by atoms with Gasteiger partial charge in [0.05, 0.1) is 0 Å². The fraction of sp³-hybridized carbons (Fsp3) is 0.533. The summed E-state index contributed by atoms with van der Waals surface area (Å²) in [5, 5.41) is 0. The summed E-state index contributed by atoms with van der Waals surface area (Å²) in [6.45, 7) is 5.20. The van der Waals surface area contributed by atoms with E-state index in [0.717, 1.165) is 32.2 Å². The molecule has 0 N–H and O–H groups in total. The van der Waals surface area contributed by atoms with Crippen molar-refractivity contribution in [2.75, 3.05) is 26.2 Å². The van der Waals surface area contributed by atoms with Crippen LogP contribution in [0, 0.1) is 12.7 Å². The Labute approximate surface area is 113 Å². The lowest BCUT2D eigenvalue weighted by molar-refractivity contribution is 0.0627.